The number of quaternary nitrogens is 1. The van der Waals surface area contributed by atoms with Gasteiger partial charge < -0.3 is 14.8 Å². The van der Waals surface area contributed by atoms with Crippen LogP contribution in [0, 0.1) is 6.92 Å². The lowest BCUT2D eigenvalue weighted by Crippen LogP contribution is -2.95. The van der Waals surface area contributed by atoms with Crippen molar-refractivity contribution < 1.29 is 14.8 Å². The second-order valence-electron chi connectivity index (χ2n) is 5.75. The van der Waals surface area contributed by atoms with Gasteiger partial charge in [-0.3, -0.25) is 0 Å². The van der Waals surface area contributed by atoms with E-state index >= 15 is 0 Å². The molecule has 4 heteroatoms. The maximum Gasteiger partial charge on any atom is 0.138 e. The van der Waals surface area contributed by atoms with E-state index in [4.69, 9.17) is 21.1 Å². The van der Waals surface area contributed by atoms with Gasteiger partial charge in [-0.1, -0.05) is 17.7 Å². The molecule has 0 unspecified atom stereocenters. The molecule has 1 aromatic carbocycles. The van der Waals surface area contributed by atoms with Crippen LogP contribution in [0.1, 0.15) is 26.3 Å². The molecule has 108 valence electrons. The van der Waals surface area contributed by atoms with Gasteiger partial charge in [-0.25, -0.2) is 0 Å². The van der Waals surface area contributed by atoms with E-state index in [-0.39, 0.29) is 5.54 Å². The van der Waals surface area contributed by atoms with Crippen LogP contribution in [0.15, 0.2) is 18.2 Å². The maximum atomic E-state index is 6.04. The Hall–Kier alpha value is -0.770. The standard InChI is InChI=1S/C15H24ClNO2/c1-12-5-6-13(16)14(11-12)19-10-9-18-8-7-17-15(2,3)4/h5-6,11,17H,7-10H2,1-4H3/p+1. The Morgan fingerprint density at radius 1 is 1.16 bits per heavy atom. The third-order valence-electron chi connectivity index (χ3n) is 2.59. The van der Waals surface area contributed by atoms with E-state index in [0.717, 1.165) is 24.5 Å². The molecule has 1 rings (SSSR count). The summed E-state index contributed by atoms with van der Waals surface area (Å²) >= 11 is 6.04. The fraction of sp³-hybridized carbons (Fsp3) is 0.600. The molecule has 0 bridgehead atoms. The first kappa shape index (κ1) is 16.3. The van der Waals surface area contributed by atoms with E-state index < -0.39 is 0 Å². The van der Waals surface area contributed by atoms with Gasteiger partial charge >= 0.3 is 0 Å². The molecule has 0 atom stereocenters. The van der Waals surface area contributed by atoms with Gasteiger partial charge in [-0.15, -0.1) is 0 Å². The van der Waals surface area contributed by atoms with Crippen molar-refractivity contribution in [2.45, 2.75) is 33.2 Å². The minimum Gasteiger partial charge on any atom is -0.490 e. The van der Waals surface area contributed by atoms with Crippen molar-refractivity contribution in [2.24, 2.45) is 0 Å². The van der Waals surface area contributed by atoms with E-state index in [1.165, 1.54) is 0 Å². The Labute approximate surface area is 121 Å². The van der Waals surface area contributed by atoms with Crippen molar-refractivity contribution in [1.29, 1.82) is 0 Å². The topological polar surface area (TPSA) is 35.1 Å². The summed E-state index contributed by atoms with van der Waals surface area (Å²) in [5.74, 6) is 0.728. The first-order valence-electron chi connectivity index (χ1n) is 6.69. The van der Waals surface area contributed by atoms with Gasteiger partial charge in [0.1, 0.15) is 12.4 Å². The molecule has 0 aliphatic carbocycles. The van der Waals surface area contributed by atoms with Crippen molar-refractivity contribution in [3.63, 3.8) is 0 Å². The Morgan fingerprint density at radius 2 is 1.89 bits per heavy atom. The van der Waals surface area contributed by atoms with Crippen LogP contribution < -0.4 is 10.1 Å². The van der Waals surface area contributed by atoms with Crippen LogP contribution in [0.3, 0.4) is 0 Å². The highest BCUT2D eigenvalue weighted by atomic mass is 35.5. The number of halogens is 1. The minimum absolute atomic E-state index is 0.259. The molecular formula is C15H25ClNO2+. The second kappa shape index (κ2) is 7.73. The number of ether oxygens (including phenoxy) is 2. The SMILES string of the molecule is Cc1ccc(Cl)c(OCCOCC[NH2+]C(C)(C)C)c1. The zero-order valence-corrected chi connectivity index (χ0v) is 13.1. The van der Waals surface area contributed by atoms with E-state index in [9.17, 15) is 0 Å². The van der Waals surface area contributed by atoms with Crippen molar-refractivity contribution in [3.05, 3.63) is 28.8 Å². The minimum atomic E-state index is 0.259. The lowest BCUT2D eigenvalue weighted by Gasteiger charge is -2.16. The lowest BCUT2D eigenvalue weighted by atomic mass is 10.1. The highest BCUT2D eigenvalue weighted by Crippen LogP contribution is 2.24. The van der Waals surface area contributed by atoms with Crippen LogP contribution in [-0.4, -0.2) is 31.9 Å². The Morgan fingerprint density at radius 3 is 2.58 bits per heavy atom. The average molecular weight is 287 g/mol. The van der Waals surface area contributed by atoms with Gasteiger partial charge in [-0.2, -0.15) is 0 Å². The maximum absolute atomic E-state index is 6.04. The van der Waals surface area contributed by atoms with Gasteiger partial charge in [0.05, 0.1) is 30.3 Å². The van der Waals surface area contributed by atoms with Crippen molar-refractivity contribution >= 4 is 11.6 Å². The largest absolute Gasteiger partial charge is 0.490 e. The molecule has 19 heavy (non-hydrogen) atoms. The number of hydrogen-bond donors (Lipinski definition) is 1. The summed E-state index contributed by atoms with van der Waals surface area (Å²) in [5.41, 5.74) is 1.40. The zero-order chi connectivity index (χ0) is 14.3. The van der Waals surface area contributed by atoms with E-state index in [2.05, 4.69) is 26.1 Å². The highest BCUT2D eigenvalue weighted by Gasteiger charge is 2.11. The predicted molar refractivity (Wildman–Crippen MR) is 79.0 cm³/mol. The van der Waals surface area contributed by atoms with Gasteiger partial charge in [0.15, 0.2) is 0 Å². The Kier molecular flexibility index (Phi) is 6.63. The summed E-state index contributed by atoms with van der Waals surface area (Å²) in [5, 5.41) is 2.91. The van der Waals surface area contributed by atoms with Gasteiger partial charge in [-0.05, 0) is 45.4 Å². The Balaban J connectivity index is 2.12. The van der Waals surface area contributed by atoms with E-state index in [1.807, 2.05) is 25.1 Å². The lowest BCUT2D eigenvalue weighted by molar-refractivity contribution is -0.718. The first-order chi connectivity index (χ1) is 8.88. The molecule has 0 amide bonds. The van der Waals surface area contributed by atoms with Crippen molar-refractivity contribution in [1.82, 2.24) is 0 Å². The van der Waals surface area contributed by atoms with Gasteiger partial charge in [0, 0.05) is 0 Å². The first-order valence-corrected chi connectivity index (χ1v) is 7.07. The summed E-state index contributed by atoms with van der Waals surface area (Å²) in [4.78, 5) is 0. The second-order valence-corrected chi connectivity index (χ2v) is 6.16. The highest BCUT2D eigenvalue weighted by molar-refractivity contribution is 6.32. The summed E-state index contributed by atoms with van der Waals surface area (Å²) in [7, 11) is 0. The molecule has 0 fully saturated rings. The molecule has 0 heterocycles. The molecule has 0 aliphatic heterocycles. The fourth-order valence-electron chi connectivity index (χ4n) is 1.61. The third kappa shape index (κ3) is 7.41. The number of hydrogen-bond acceptors (Lipinski definition) is 2. The average Bonchev–Trinajstić information content (AvgIpc) is 2.31. The number of rotatable bonds is 7. The number of nitrogens with two attached hydrogens (primary N) is 1. The summed E-state index contributed by atoms with van der Waals surface area (Å²) in [6.45, 7) is 11.4. The molecule has 0 saturated carbocycles. The summed E-state index contributed by atoms with van der Waals surface area (Å²) < 4.78 is 11.1. The van der Waals surface area contributed by atoms with Crippen LogP contribution in [0.4, 0.5) is 0 Å². The smallest absolute Gasteiger partial charge is 0.138 e. The van der Waals surface area contributed by atoms with E-state index in [1.54, 1.807) is 0 Å². The van der Waals surface area contributed by atoms with E-state index in [0.29, 0.717) is 18.2 Å². The molecule has 0 saturated heterocycles. The zero-order valence-electron chi connectivity index (χ0n) is 12.3. The molecule has 3 nitrogen and oxygen atoms in total. The molecule has 2 N–H and O–H groups in total. The van der Waals surface area contributed by atoms with Crippen LogP contribution in [0.5, 0.6) is 5.75 Å². The predicted octanol–water partition coefficient (Wildman–Crippen LogP) is 2.41. The van der Waals surface area contributed by atoms with Crippen LogP contribution in [0.2, 0.25) is 5.02 Å². The molecule has 0 radical (unpaired) electrons. The Bertz CT molecular complexity index is 388. The third-order valence-corrected chi connectivity index (χ3v) is 2.90. The molecular weight excluding hydrogens is 262 g/mol. The van der Waals surface area contributed by atoms with Gasteiger partial charge in [0.2, 0.25) is 0 Å². The monoisotopic (exact) mass is 286 g/mol. The molecule has 0 aliphatic rings. The molecule has 0 spiro atoms. The summed E-state index contributed by atoms with van der Waals surface area (Å²) in [6, 6.07) is 5.76. The molecule has 1 aromatic rings. The fourth-order valence-corrected chi connectivity index (χ4v) is 1.78. The number of benzene rings is 1. The van der Waals surface area contributed by atoms with Crippen LogP contribution >= 0.6 is 11.6 Å². The van der Waals surface area contributed by atoms with Crippen LogP contribution in [-0.2, 0) is 4.74 Å². The number of aryl methyl sites for hydroxylation is 1. The molecule has 0 aromatic heterocycles. The van der Waals surface area contributed by atoms with Crippen molar-refractivity contribution in [2.75, 3.05) is 26.4 Å². The van der Waals surface area contributed by atoms with Crippen molar-refractivity contribution in [3.8, 4) is 5.75 Å². The normalized spacial score (nSPS) is 11.6. The summed E-state index contributed by atoms with van der Waals surface area (Å²) in [6.07, 6.45) is 0. The van der Waals surface area contributed by atoms with Gasteiger partial charge in [0.25, 0.3) is 0 Å². The quantitative estimate of drug-likeness (QED) is 0.781. The van der Waals surface area contributed by atoms with Crippen LogP contribution in [0.25, 0.3) is 0 Å².